The minimum atomic E-state index is 0.209. The number of nitrogens with zero attached hydrogens (tertiary/aromatic N) is 1. The first kappa shape index (κ1) is 12.8. The maximum absolute atomic E-state index is 9.23. The van der Waals surface area contributed by atoms with E-state index in [1.807, 2.05) is 0 Å². The van der Waals surface area contributed by atoms with Gasteiger partial charge in [-0.25, -0.2) is 0 Å². The summed E-state index contributed by atoms with van der Waals surface area (Å²) < 4.78 is 0. The van der Waals surface area contributed by atoms with Crippen LogP contribution < -0.4 is 10.6 Å². The van der Waals surface area contributed by atoms with Crippen LogP contribution in [0.25, 0.3) is 0 Å². The highest BCUT2D eigenvalue weighted by Crippen LogP contribution is 2.37. The van der Waals surface area contributed by atoms with Crippen molar-refractivity contribution < 1.29 is 5.11 Å². The molecular weight excluding hydrogens is 259 g/mol. The van der Waals surface area contributed by atoms with Gasteiger partial charge in [0.25, 0.3) is 0 Å². The Labute approximate surface area is 111 Å². The average Bonchev–Trinajstić information content (AvgIpc) is 2.28. The molecule has 1 aromatic rings. The van der Waals surface area contributed by atoms with Crippen LogP contribution in [0.1, 0.15) is 12.8 Å². The first-order chi connectivity index (χ1) is 8.11. The van der Waals surface area contributed by atoms with Crippen LogP contribution in [0.4, 0.5) is 11.4 Å². The number of aliphatic hydroxyl groups is 1. The molecule has 17 heavy (non-hydrogen) atoms. The summed E-state index contributed by atoms with van der Waals surface area (Å²) in [4.78, 5) is 2.13. The van der Waals surface area contributed by atoms with Crippen molar-refractivity contribution in [2.75, 3.05) is 30.3 Å². The molecule has 3 nitrogen and oxygen atoms in total. The van der Waals surface area contributed by atoms with Gasteiger partial charge in [-0.3, -0.25) is 0 Å². The Morgan fingerprint density at radius 1 is 1.35 bits per heavy atom. The number of nitrogen functional groups attached to an aromatic ring is 1. The van der Waals surface area contributed by atoms with Crippen molar-refractivity contribution in [3.05, 3.63) is 22.2 Å². The highest BCUT2D eigenvalue weighted by atomic mass is 35.5. The van der Waals surface area contributed by atoms with Gasteiger partial charge in [0.1, 0.15) is 0 Å². The molecule has 3 N–H and O–H groups in total. The number of aliphatic hydroxyl groups excluding tert-OH is 1. The topological polar surface area (TPSA) is 49.5 Å². The van der Waals surface area contributed by atoms with Gasteiger partial charge in [-0.2, -0.15) is 0 Å². The number of rotatable bonds is 2. The molecule has 1 aromatic carbocycles. The van der Waals surface area contributed by atoms with Crippen LogP contribution in [0.3, 0.4) is 0 Å². The maximum atomic E-state index is 9.23. The van der Waals surface area contributed by atoms with Gasteiger partial charge in [0.05, 0.1) is 15.7 Å². The standard InChI is InChI=1S/C12H16Cl2N2O/c13-10-4-9(15)5-11(14)12(10)16-3-1-2-8(6-16)7-17/h4-5,8,17H,1-3,6-7,15H2. The van der Waals surface area contributed by atoms with E-state index in [4.69, 9.17) is 28.9 Å². The first-order valence-electron chi connectivity index (χ1n) is 5.72. The number of hydrogen-bond donors (Lipinski definition) is 2. The van der Waals surface area contributed by atoms with E-state index in [1.54, 1.807) is 12.1 Å². The Balaban J connectivity index is 2.27. The van der Waals surface area contributed by atoms with Crippen LogP contribution in [0.2, 0.25) is 10.0 Å². The number of anilines is 2. The zero-order valence-corrected chi connectivity index (χ0v) is 11.0. The number of hydrogen-bond acceptors (Lipinski definition) is 3. The third-order valence-corrected chi connectivity index (χ3v) is 3.71. The van der Waals surface area contributed by atoms with E-state index in [9.17, 15) is 5.11 Å². The van der Waals surface area contributed by atoms with Crippen molar-refractivity contribution in [3.8, 4) is 0 Å². The molecule has 2 rings (SSSR count). The summed E-state index contributed by atoms with van der Waals surface area (Å²) in [6, 6.07) is 3.43. The number of nitrogens with two attached hydrogens (primary N) is 1. The van der Waals surface area contributed by atoms with Gasteiger partial charge in [0.15, 0.2) is 0 Å². The summed E-state index contributed by atoms with van der Waals surface area (Å²) in [5, 5.41) is 10.4. The lowest BCUT2D eigenvalue weighted by atomic mass is 9.98. The molecule has 0 amide bonds. The lowest BCUT2D eigenvalue weighted by Crippen LogP contribution is -2.37. The third-order valence-electron chi connectivity index (χ3n) is 3.13. The molecule has 0 saturated carbocycles. The number of halogens is 2. The molecule has 0 radical (unpaired) electrons. The van der Waals surface area contributed by atoms with E-state index in [-0.39, 0.29) is 6.61 Å². The Morgan fingerprint density at radius 3 is 2.59 bits per heavy atom. The summed E-state index contributed by atoms with van der Waals surface area (Å²) in [7, 11) is 0. The fourth-order valence-electron chi connectivity index (χ4n) is 2.30. The zero-order chi connectivity index (χ0) is 12.4. The minimum Gasteiger partial charge on any atom is -0.399 e. The van der Waals surface area contributed by atoms with E-state index in [1.165, 1.54) is 0 Å². The smallest absolute Gasteiger partial charge is 0.0746 e. The lowest BCUT2D eigenvalue weighted by Gasteiger charge is -2.34. The van der Waals surface area contributed by atoms with Crippen LogP contribution in [0.5, 0.6) is 0 Å². The predicted molar refractivity (Wildman–Crippen MR) is 72.9 cm³/mol. The summed E-state index contributed by atoms with van der Waals surface area (Å²) in [6.07, 6.45) is 2.10. The van der Waals surface area contributed by atoms with E-state index in [2.05, 4.69) is 4.90 Å². The highest BCUT2D eigenvalue weighted by molar-refractivity contribution is 6.39. The van der Waals surface area contributed by atoms with Crippen LogP contribution in [0.15, 0.2) is 12.1 Å². The van der Waals surface area contributed by atoms with Crippen LogP contribution in [-0.2, 0) is 0 Å². The number of piperidine rings is 1. The molecule has 1 fully saturated rings. The molecule has 1 unspecified atom stereocenters. The van der Waals surface area contributed by atoms with Crippen molar-refractivity contribution >= 4 is 34.6 Å². The molecule has 1 aliphatic rings. The average molecular weight is 275 g/mol. The molecule has 5 heteroatoms. The molecule has 0 spiro atoms. The monoisotopic (exact) mass is 274 g/mol. The Kier molecular flexibility index (Phi) is 4.02. The van der Waals surface area contributed by atoms with Gasteiger partial charge in [-0.05, 0) is 30.9 Å². The molecule has 0 bridgehead atoms. The molecule has 1 aliphatic heterocycles. The lowest BCUT2D eigenvalue weighted by molar-refractivity contribution is 0.209. The molecule has 1 heterocycles. The normalized spacial score (nSPS) is 20.6. The van der Waals surface area contributed by atoms with Gasteiger partial charge in [0.2, 0.25) is 0 Å². The highest BCUT2D eigenvalue weighted by Gasteiger charge is 2.23. The summed E-state index contributed by atoms with van der Waals surface area (Å²) in [6.45, 7) is 1.92. The van der Waals surface area contributed by atoms with E-state index < -0.39 is 0 Å². The summed E-state index contributed by atoms with van der Waals surface area (Å²) in [5.41, 5.74) is 7.09. The van der Waals surface area contributed by atoms with Gasteiger partial charge >= 0.3 is 0 Å². The number of benzene rings is 1. The quantitative estimate of drug-likeness (QED) is 0.816. The second kappa shape index (κ2) is 5.34. The van der Waals surface area contributed by atoms with Crippen molar-refractivity contribution in [1.29, 1.82) is 0 Å². The molecule has 94 valence electrons. The van der Waals surface area contributed by atoms with Crippen molar-refractivity contribution in [1.82, 2.24) is 0 Å². The van der Waals surface area contributed by atoms with E-state index in [0.717, 1.165) is 31.6 Å². The van der Waals surface area contributed by atoms with E-state index >= 15 is 0 Å². The first-order valence-corrected chi connectivity index (χ1v) is 6.47. The summed E-state index contributed by atoms with van der Waals surface area (Å²) in [5.74, 6) is 0.299. The molecular formula is C12H16Cl2N2O. The second-order valence-corrected chi connectivity index (χ2v) is 5.28. The maximum Gasteiger partial charge on any atom is 0.0746 e. The van der Waals surface area contributed by atoms with E-state index in [0.29, 0.717) is 21.7 Å². The van der Waals surface area contributed by atoms with Gasteiger partial charge in [-0.15, -0.1) is 0 Å². The summed E-state index contributed by atoms with van der Waals surface area (Å²) >= 11 is 12.4. The van der Waals surface area contributed by atoms with Gasteiger partial charge in [0, 0.05) is 25.4 Å². The van der Waals surface area contributed by atoms with Gasteiger partial charge in [-0.1, -0.05) is 23.2 Å². The molecule has 0 aliphatic carbocycles. The minimum absolute atomic E-state index is 0.209. The molecule has 1 saturated heterocycles. The predicted octanol–water partition coefficient (Wildman–Crippen LogP) is 2.78. The SMILES string of the molecule is Nc1cc(Cl)c(N2CCCC(CO)C2)c(Cl)c1. The Bertz CT molecular complexity index is 388. The Hall–Kier alpha value is -0.640. The largest absolute Gasteiger partial charge is 0.399 e. The van der Waals surface area contributed by atoms with Gasteiger partial charge < -0.3 is 15.7 Å². The fraction of sp³-hybridized carbons (Fsp3) is 0.500. The fourth-order valence-corrected chi connectivity index (χ4v) is 3.05. The van der Waals surface area contributed by atoms with Crippen molar-refractivity contribution in [2.24, 2.45) is 5.92 Å². The van der Waals surface area contributed by atoms with Crippen LogP contribution in [0, 0.1) is 5.92 Å². The third kappa shape index (κ3) is 2.79. The van der Waals surface area contributed by atoms with Crippen LogP contribution in [-0.4, -0.2) is 24.8 Å². The molecule has 1 atom stereocenters. The Morgan fingerprint density at radius 2 is 2.00 bits per heavy atom. The van der Waals surface area contributed by atoms with Crippen molar-refractivity contribution in [3.63, 3.8) is 0 Å². The zero-order valence-electron chi connectivity index (χ0n) is 9.50. The second-order valence-electron chi connectivity index (χ2n) is 4.47. The van der Waals surface area contributed by atoms with Crippen LogP contribution >= 0.6 is 23.2 Å². The van der Waals surface area contributed by atoms with Crippen molar-refractivity contribution in [2.45, 2.75) is 12.8 Å². The molecule has 0 aromatic heterocycles.